The van der Waals surface area contributed by atoms with E-state index in [4.69, 9.17) is 0 Å². The van der Waals surface area contributed by atoms with E-state index in [2.05, 4.69) is 120 Å². The van der Waals surface area contributed by atoms with Crippen molar-refractivity contribution in [3.8, 4) is 0 Å². The van der Waals surface area contributed by atoms with Gasteiger partial charge in [-0.2, -0.15) is 0 Å². The van der Waals surface area contributed by atoms with Crippen molar-refractivity contribution in [2.75, 3.05) is 13.6 Å². The van der Waals surface area contributed by atoms with Crippen LogP contribution in [0.25, 0.3) is 0 Å². The molecule has 0 aromatic rings. The Morgan fingerprint density at radius 3 is 1.77 bits per heavy atom. The third-order valence-corrected chi connectivity index (χ3v) is 7.45. The predicted octanol–water partition coefficient (Wildman–Crippen LogP) is 12.3. The first-order valence-electron chi connectivity index (χ1n) is 16.1. The summed E-state index contributed by atoms with van der Waals surface area (Å²) in [5, 5.41) is 0. The summed E-state index contributed by atoms with van der Waals surface area (Å²) in [7, 11) is 1.93. The average Bonchev–Trinajstić information content (AvgIpc) is 3.11. The Labute approximate surface area is 254 Å². The zero-order chi connectivity index (χ0) is 32.9. The van der Waals surface area contributed by atoms with E-state index < -0.39 is 0 Å². The van der Waals surface area contributed by atoms with Crippen LogP contribution in [0.4, 0.5) is 0 Å². The number of hydrogen-bond acceptors (Lipinski definition) is 1. The van der Waals surface area contributed by atoms with E-state index in [0.29, 0.717) is 23.8 Å². The third-order valence-electron chi connectivity index (χ3n) is 7.45. The number of nitrogens with zero attached hydrogens (tertiary/aromatic N) is 1. The summed E-state index contributed by atoms with van der Waals surface area (Å²) in [6.07, 6.45) is 13.0. The lowest BCUT2D eigenvalue weighted by molar-refractivity contribution is -0.134. The molecule has 0 aliphatic heterocycles. The maximum atomic E-state index is 12.7. The van der Waals surface area contributed by atoms with Crippen LogP contribution in [0.1, 0.15) is 137 Å². The highest BCUT2D eigenvalue weighted by molar-refractivity contribution is 5.78. The number of allylic oxidation sites excluding steroid dienone is 7. The normalized spacial score (nSPS) is 17.6. The maximum absolute atomic E-state index is 12.7. The number of carbonyl (C=O) groups is 1. The van der Waals surface area contributed by atoms with Crippen molar-refractivity contribution in [2.45, 2.75) is 137 Å². The molecule has 1 amide bonds. The Morgan fingerprint density at radius 2 is 1.43 bits per heavy atom. The van der Waals surface area contributed by atoms with Gasteiger partial charge in [-0.15, -0.1) is 0 Å². The number of carbonyl (C=O) groups excluding carboxylic acids is 1. The molecule has 40 heavy (non-hydrogen) atoms. The lowest BCUT2D eigenvalue weighted by Crippen LogP contribution is -2.38. The van der Waals surface area contributed by atoms with Crippen molar-refractivity contribution in [3.05, 3.63) is 59.3 Å². The van der Waals surface area contributed by atoms with Crippen LogP contribution < -0.4 is 0 Å². The molecule has 0 aromatic carbocycles. The van der Waals surface area contributed by atoms with Gasteiger partial charge >= 0.3 is 0 Å². The summed E-state index contributed by atoms with van der Waals surface area (Å²) in [5.74, 6) is 1.56. The zero-order valence-electron chi connectivity index (χ0n) is 30.8. The largest absolute Gasteiger partial charge is 0.344 e. The molecule has 1 aliphatic carbocycles. The molecule has 1 rings (SSSR count). The monoisotopic (exact) mass is 560 g/mol. The van der Waals surface area contributed by atoms with Crippen molar-refractivity contribution >= 4 is 5.91 Å². The van der Waals surface area contributed by atoms with Gasteiger partial charge < -0.3 is 4.90 Å². The molecule has 0 fully saturated rings. The Kier molecular flexibility index (Phi) is 26.9. The fraction of sp³-hybridized carbons (Fsp3) is 0.711. The highest BCUT2D eigenvalue weighted by Gasteiger charge is 2.26. The molecule has 0 heterocycles. The standard InChI is InChI=1S/C23H37NO.C9H18.3C2H6/c1-9-18(4)15-19(5)22(25)24(8)16-23(7)13-10-11-21(12-14-23)20(6)17(2)3;1-7(2)8(3)9(4,5)6;3*1-2/h10-14,18-19H,9,15-16H2,1-8H3;8H,1H2,2-6H3;3*1-2H3/t18-,19?,23?;;;;/m0..../s1. The fourth-order valence-corrected chi connectivity index (χ4v) is 3.98. The molecule has 2 nitrogen and oxygen atoms in total. The second kappa shape index (κ2) is 23.8. The van der Waals surface area contributed by atoms with Crippen molar-refractivity contribution in [3.63, 3.8) is 0 Å². The van der Waals surface area contributed by atoms with Crippen LogP contribution >= 0.6 is 0 Å². The molecular formula is C38H73NO. The zero-order valence-corrected chi connectivity index (χ0v) is 30.8. The van der Waals surface area contributed by atoms with Crippen molar-refractivity contribution in [2.24, 2.45) is 28.6 Å². The topological polar surface area (TPSA) is 20.3 Å². The van der Waals surface area contributed by atoms with E-state index in [1.807, 2.05) is 53.5 Å². The van der Waals surface area contributed by atoms with E-state index >= 15 is 0 Å². The molecule has 0 aromatic heterocycles. The van der Waals surface area contributed by atoms with Gasteiger partial charge in [-0.05, 0) is 62.5 Å². The fourth-order valence-electron chi connectivity index (χ4n) is 3.98. The van der Waals surface area contributed by atoms with Gasteiger partial charge in [0.2, 0.25) is 5.91 Å². The van der Waals surface area contributed by atoms with Crippen LogP contribution in [0.5, 0.6) is 0 Å². The summed E-state index contributed by atoms with van der Waals surface area (Å²) in [6, 6.07) is 0. The summed E-state index contributed by atoms with van der Waals surface area (Å²) in [6.45, 7) is 42.8. The van der Waals surface area contributed by atoms with Gasteiger partial charge in [0.15, 0.2) is 0 Å². The van der Waals surface area contributed by atoms with Crippen molar-refractivity contribution in [1.29, 1.82) is 0 Å². The summed E-state index contributed by atoms with van der Waals surface area (Å²) < 4.78 is 0. The maximum Gasteiger partial charge on any atom is 0.225 e. The van der Waals surface area contributed by atoms with Crippen LogP contribution in [0, 0.1) is 28.6 Å². The molecule has 2 heteroatoms. The summed E-state index contributed by atoms with van der Waals surface area (Å²) >= 11 is 0. The first kappa shape index (κ1) is 45.2. The van der Waals surface area contributed by atoms with E-state index in [1.54, 1.807) is 0 Å². The molecule has 1 aliphatic rings. The average molecular weight is 560 g/mol. The second-order valence-electron chi connectivity index (χ2n) is 12.2. The molecule has 236 valence electrons. The molecule has 4 atom stereocenters. The van der Waals surface area contributed by atoms with Gasteiger partial charge in [0, 0.05) is 24.9 Å². The lowest BCUT2D eigenvalue weighted by atomic mass is 9.78. The lowest BCUT2D eigenvalue weighted by Gasteiger charge is -2.30. The minimum absolute atomic E-state index is 0.0869. The number of hydrogen-bond donors (Lipinski definition) is 0. The van der Waals surface area contributed by atoms with Crippen LogP contribution in [0.2, 0.25) is 0 Å². The van der Waals surface area contributed by atoms with Crippen LogP contribution in [-0.2, 0) is 4.79 Å². The van der Waals surface area contributed by atoms with E-state index in [-0.39, 0.29) is 17.2 Å². The molecule has 0 saturated heterocycles. The smallest absolute Gasteiger partial charge is 0.225 e. The summed E-state index contributed by atoms with van der Waals surface area (Å²) in [4.78, 5) is 14.6. The Bertz CT molecular complexity index is 798. The first-order chi connectivity index (χ1) is 18.4. The van der Waals surface area contributed by atoms with E-state index in [1.165, 1.54) is 22.3 Å². The first-order valence-corrected chi connectivity index (χ1v) is 16.1. The van der Waals surface area contributed by atoms with Crippen LogP contribution in [0.15, 0.2) is 59.3 Å². The Morgan fingerprint density at radius 1 is 0.950 bits per heavy atom. The molecule has 0 N–H and O–H groups in total. The SMILES string of the molecule is C=C(C)C(C)C(C)(C)C.CC.CC.CC.CC[C@H](C)CC(C)C(=O)N(C)CC1(C)C=CC=C(C(C)=C(C)C)C=C1. The Balaban J connectivity index is -0.000000361. The van der Waals surface area contributed by atoms with Gasteiger partial charge in [0.05, 0.1) is 0 Å². The minimum atomic E-state index is -0.138. The molecule has 0 radical (unpaired) electrons. The number of rotatable bonds is 8. The van der Waals surface area contributed by atoms with Gasteiger partial charge in [-0.1, -0.05) is 151 Å². The second-order valence-corrected chi connectivity index (χ2v) is 12.2. The highest BCUT2D eigenvalue weighted by atomic mass is 16.2. The van der Waals surface area contributed by atoms with E-state index in [0.717, 1.165) is 12.8 Å². The molecule has 0 bridgehead atoms. The van der Waals surface area contributed by atoms with Crippen LogP contribution in [0.3, 0.4) is 0 Å². The van der Waals surface area contributed by atoms with Gasteiger partial charge in [0.1, 0.15) is 0 Å². The van der Waals surface area contributed by atoms with Gasteiger partial charge in [-0.3, -0.25) is 4.79 Å². The van der Waals surface area contributed by atoms with Gasteiger partial charge in [0.25, 0.3) is 0 Å². The van der Waals surface area contributed by atoms with Crippen LogP contribution in [-0.4, -0.2) is 24.4 Å². The van der Waals surface area contributed by atoms with Gasteiger partial charge in [-0.25, -0.2) is 0 Å². The quantitative estimate of drug-likeness (QED) is 0.271. The molecule has 3 unspecified atom stereocenters. The Hall–Kier alpha value is -1.83. The summed E-state index contributed by atoms with van der Waals surface area (Å²) in [5.41, 5.74) is 5.42. The van der Waals surface area contributed by atoms with Crippen molar-refractivity contribution < 1.29 is 4.79 Å². The highest BCUT2D eigenvalue weighted by Crippen LogP contribution is 2.30. The molecular weight excluding hydrogens is 486 g/mol. The van der Waals surface area contributed by atoms with E-state index in [9.17, 15) is 4.79 Å². The predicted molar refractivity (Wildman–Crippen MR) is 187 cm³/mol. The minimum Gasteiger partial charge on any atom is -0.344 e. The molecule has 0 spiro atoms. The number of amides is 1. The third kappa shape index (κ3) is 19.3. The van der Waals surface area contributed by atoms with Crippen molar-refractivity contribution in [1.82, 2.24) is 4.90 Å². The molecule has 0 saturated carbocycles.